The number of aromatic amines is 1. The Hall–Kier alpha value is -2.34. The zero-order valence-corrected chi connectivity index (χ0v) is 14.9. The lowest BCUT2D eigenvalue weighted by Crippen LogP contribution is -2.31. The third-order valence-corrected chi connectivity index (χ3v) is 4.88. The van der Waals surface area contributed by atoms with Crippen molar-refractivity contribution in [3.8, 4) is 5.75 Å². The van der Waals surface area contributed by atoms with E-state index in [-0.39, 0.29) is 11.8 Å². The highest BCUT2D eigenvalue weighted by atomic mass is 79.9. The molecule has 4 rings (SSSR count). The molecule has 1 aromatic heterocycles. The molecule has 24 heavy (non-hydrogen) atoms. The summed E-state index contributed by atoms with van der Waals surface area (Å²) in [7, 11) is 1.61. The number of halogens is 1. The molecule has 0 unspecified atom stereocenters. The van der Waals surface area contributed by atoms with Gasteiger partial charge in [-0.2, -0.15) is 0 Å². The Morgan fingerprint density at radius 1 is 1.21 bits per heavy atom. The minimum atomic E-state index is -0.233. The van der Waals surface area contributed by atoms with Crippen LogP contribution in [0.5, 0.6) is 5.75 Å². The van der Waals surface area contributed by atoms with Crippen LogP contribution in [-0.4, -0.2) is 40.7 Å². The molecule has 0 aliphatic carbocycles. The number of benzene rings is 2. The third kappa shape index (κ3) is 1.92. The van der Waals surface area contributed by atoms with Crippen LogP contribution in [0.3, 0.4) is 0 Å². The van der Waals surface area contributed by atoms with Gasteiger partial charge >= 0.3 is 0 Å². The van der Waals surface area contributed by atoms with Crippen LogP contribution in [0.25, 0.3) is 21.8 Å². The molecule has 1 aliphatic rings. The Morgan fingerprint density at radius 2 is 2.00 bits per heavy atom. The number of methoxy groups -OCH3 is 1. The van der Waals surface area contributed by atoms with E-state index >= 15 is 0 Å². The molecule has 2 heterocycles. The van der Waals surface area contributed by atoms with Crippen molar-refractivity contribution in [2.75, 3.05) is 19.0 Å². The van der Waals surface area contributed by atoms with Crippen molar-refractivity contribution in [3.05, 3.63) is 41.0 Å². The van der Waals surface area contributed by atoms with Crippen LogP contribution in [0.15, 0.2) is 24.3 Å². The largest absolute Gasteiger partial charge is 0.497 e. The molecule has 3 aromatic rings. The molecule has 2 amide bonds. The highest BCUT2D eigenvalue weighted by Crippen LogP contribution is 2.38. The first-order valence-electron chi connectivity index (χ1n) is 7.62. The number of rotatable bonds is 3. The van der Waals surface area contributed by atoms with Crippen LogP contribution in [0.4, 0.5) is 0 Å². The number of hydrogen-bond donors (Lipinski definition) is 1. The number of H-pyrrole nitrogens is 1. The lowest BCUT2D eigenvalue weighted by molar-refractivity contribution is 0.0665. The molecule has 0 saturated carbocycles. The molecule has 2 aromatic carbocycles. The SMILES string of the molecule is COc1ccc2[nH]c3c(C)cc4c(c3c2c1)C(=O)N(CCBr)C4=O. The number of ether oxygens (including phenoxy) is 1. The molecule has 1 N–H and O–H groups in total. The number of alkyl halides is 1. The van der Waals surface area contributed by atoms with Crippen LogP contribution in [0, 0.1) is 6.92 Å². The van der Waals surface area contributed by atoms with Crippen LogP contribution in [0.2, 0.25) is 0 Å². The van der Waals surface area contributed by atoms with Crippen molar-refractivity contribution in [3.63, 3.8) is 0 Å². The number of nitrogens with zero attached hydrogens (tertiary/aromatic N) is 1. The number of nitrogens with one attached hydrogen (secondary N) is 1. The van der Waals surface area contributed by atoms with E-state index in [0.717, 1.165) is 27.4 Å². The first kappa shape index (κ1) is 15.2. The molecule has 0 spiro atoms. The minimum absolute atomic E-state index is 0.225. The first-order chi connectivity index (χ1) is 11.6. The summed E-state index contributed by atoms with van der Waals surface area (Å²) in [4.78, 5) is 30.1. The predicted molar refractivity (Wildman–Crippen MR) is 96.3 cm³/mol. The van der Waals surface area contributed by atoms with Gasteiger partial charge in [0, 0.05) is 28.2 Å². The summed E-state index contributed by atoms with van der Waals surface area (Å²) in [6.45, 7) is 2.30. The molecule has 0 saturated heterocycles. The zero-order valence-electron chi connectivity index (χ0n) is 13.3. The van der Waals surface area contributed by atoms with Gasteiger partial charge in [-0.05, 0) is 36.8 Å². The second-order valence-corrected chi connectivity index (χ2v) is 6.65. The van der Waals surface area contributed by atoms with E-state index in [0.29, 0.717) is 28.8 Å². The number of carbonyl (C=O) groups is 2. The summed E-state index contributed by atoms with van der Waals surface area (Å²) in [5.41, 5.74) is 3.72. The Kier molecular flexibility index (Phi) is 3.38. The molecule has 0 bridgehead atoms. The summed E-state index contributed by atoms with van der Waals surface area (Å²) >= 11 is 3.31. The predicted octanol–water partition coefficient (Wildman–Crippen LogP) is 3.63. The van der Waals surface area contributed by atoms with Crippen molar-refractivity contribution in [1.29, 1.82) is 0 Å². The van der Waals surface area contributed by atoms with Gasteiger partial charge in [-0.1, -0.05) is 15.9 Å². The van der Waals surface area contributed by atoms with E-state index in [1.54, 1.807) is 13.2 Å². The van der Waals surface area contributed by atoms with Crippen LogP contribution >= 0.6 is 15.9 Å². The van der Waals surface area contributed by atoms with Crippen molar-refractivity contribution in [1.82, 2.24) is 9.88 Å². The molecular formula is C18H15BrN2O3. The van der Waals surface area contributed by atoms with Gasteiger partial charge in [0.1, 0.15) is 5.75 Å². The van der Waals surface area contributed by atoms with Crippen LogP contribution in [-0.2, 0) is 0 Å². The van der Waals surface area contributed by atoms with Gasteiger partial charge in [-0.15, -0.1) is 0 Å². The quantitative estimate of drug-likeness (QED) is 0.552. The summed E-state index contributed by atoms with van der Waals surface area (Å²) in [6, 6.07) is 7.51. The minimum Gasteiger partial charge on any atom is -0.497 e. The number of fused-ring (bicyclic) bond motifs is 5. The maximum Gasteiger partial charge on any atom is 0.262 e. The Bertz CT molecular complexity index is 1020. The van der Waals surface area contributed by atoms with Crippen LogP contribution < -0.4 is 4.74 Å². The second kappa shape index (κ2) is 5.34. The Morgan fingerprint density at radius 3 is 2.71 bits per heavy atom. The van der Waals surface area contributed by atoms with Gasteiger partial charge in [0.05, 0.1) is 23.8 Å². The average molecular weight is 387 g/mol. The van der Waals surface area contributed by atoms with E-state index in [9.17, 15) is 9.59 Å². The molecule has 0 fully saturated rings. The fraction of sp³-hybridized carbons (Fsp3) is 0.222. The highest BCUT2D eigenvalue weighted by molar-refractivity contribution is 9.09. The summed E-state index contributed by atoms with van der Waals surface area (Å²) in [5, 5.41) is 2.25. The van der Waals surface area contributed by atoms with Gasteiger partial charge in [-0.3, -0.25) is 14.5 Å². The number of amides is 2. The van der Waals surface area contributed by atoms with Gasteiger partial charge < -0.3 is 9.72 Å². The number of aromatic nitrogens is 1. The monoisotopic (exact) mass is 386 g/mol. The zero-order chi connectivity index (χ0) is 17.0. The maximum absolute atomic E-state index is 12.9. The van der Waals surface area contributed by atoms with Gasteiger partial charge in [-0.25, -0.2) is 0 Å². The summed E-state index contributed by atoms with van der Waals surface area (Å²) < 4.78 is 5.32. The number of imide groups is 1. The molecule has 1 aliphatic heterocycles. The molecule has 122 valence electrons. The lowest BCUT2D eigenvalue weighted by atomic mass is 9.99. The summed E-state index contributed by atoms with van der Waals surface area (Å²) in [6.07, 6.45) is 0. The molecule has 5 nitrogen and oxygen atoms in total. The lowest BCUT2D eigenvalue weighted by Gasteiger charge is -2.10. The molecule has 0 radical (unpaired) electrons. The van der Waals surface area contributed by atoms with Crippen molar-refractivity contribution in [2.24, 2.45) is 0 Å². The van der Waals surface area contributed by atoms with Gasteiger partial charge in [0.2, 0.25) is 0 Å². The smallest absolute Gasteiger partial charge is 0.262 e. The Balaban J connectivity index is 2.11. The van der Waals surface area contributed by atoms with Gasteiger partial charge in [0.15, 0.2) is 0 Å². The third-order valence-electron chi connectivity index (χ3n) is 4.52. The van der Waals surface area contributed by atoms with E-state index in [1.807, 2.05) is 25.1 Å². The Labute approximate surface area is 146 Å². The fourth-order valence-corrected chi connectivity index (χ4v) is 3.75. The van der Waals surface area contributed by atoms with E-state index < -0.39 is 0 Å². The highest BCUT2D eigenvalue weighted by Gasteiger charge is 2.37. The second-order valence-electron chi connectivity index (χ2n) is 5.85. The number of aryl methyl sites for hydroxylation is 1. The standard InChI is InChI=1S/C18H15BrN2O3/c1-9-7-12-15(18(23)21(6-5-19)17(12)22)14-11-8-10(24-2)3-4-13(11)20-16(9)14/h3-4,7-8,20H,5-6H2,1-2H3. The summed E-state index contributed by atoms with van der Waals surface area (Å²) in [5.74, 6) is 0.257. The van der Waals surface area contributed by atoms with E-state index in [2.05, 4.69) is 20.9 Å². The van der Waals surface area contributed by atoms with E-state index in [1.165, 1.54) is 4.90 Å². The molecule has 0 atom stereocenters. The van der Waals surface area contributed by atoms with Crippen molar-refractivity contribution < 1.29 is 14.3 Å². The molecular weight excluding hydrogens is 372 g/mol. The maximum atomic E-state index is 12.9. The van der Waals surface area contributed by atoms with Gasteiger partial charge in [0.25, 0.3) is 11.8 Å². The average Bonchev–Trinajstić information content (AvgIpc) is 3.06. The first-order valence-corrected chi connectivity index (χ1v) is 8.74. The van der Waals surface area contributed by atoms with E-state index in [4.69, 9.17) is 4.74 Å². The number of carbonyl (C=O) groups excluding carboxylic acids is 2. The normalized spacial score (nSPS) is 14.0. The van der Waals surface area contributed by atoms with Crippen molar-refractivity contribution >= 4 is 49.6 Å². The van der Waals surface area contributed by atoms with Crippen molar-refractivity contribution in [2.45, 2.75) is 6.92 Å². The fourth-order valence-electron chi connectivity index (χ4n) is 3.40. The molecule has 6 heteroatoms. The number of hydrogen-bond acceptors (Lipinski definition) is 3. The topological polar surface area (TPSA) is 62.4 Å². The van der Waals surface area contributed by atoms with Crippen LogP contribution in [0.1, 0.15) is 26.3 Å².